The first-order valence-corrected chi connectivity index (χ1v) is 7.76. The molecule has 0 aliphatic rings. The standard InChI is InChI=1S/C15H23Cl2NO.ClH/c1-3-5-7-18-11-12-9-13(16)15(14(17)10-12)19-8-6-4-2;/h9-10,18H,3-8,11H2,1-2H3;1H. The van der Waals surface area contributed by atoms with Gasteiger partial charge in [-0.15, -0.1) is 12.4 Å². The number of halogens is 3. The average molecular weight is 341 g/mol. The molecule has 1 rings (SSSR count). The van der Waals surface area contributed by atoms with Gasteiger partial charge in [0.1, 0.15) is 0 Å². The summed E-state index contributed by atoms with van der Waals surface area (Å²) in [6.07, 6.45) is 4.47. The normalized spacial score (nSPS) is 10.2. The maximum atomic E-state index is 6.22. The van der Waals surface area contributed by atoms with Crippen molar-refractivity contribution in [3.63, 3.8) is 0 Å². The summed E-state index contributed by atoms with van der Waals surface area (Å²) in [4.78, 5) is 0. The van der Waals surface area contributed by atoms with Gasteiger partial charge in [-0.3, -0.25) is 0 Å². The van der Waals surface area contributed by atoms with Crippen molar-refractivity contribution >= 4 is 35.6 Å². The lowest BCUT2D eigenvalue weighted by molar-refractivity contribution is 0.309. The molecule has 0 heterocycles. The van der Waals surface area contributed by atoms with Crippen molar-refractivity contribution in [2.45, 2.75) is 46.1 Å². The molecule has 1 aromatic rings. The molecule has 0 radical (unpaired) electrons. The quantitative estimate of drug-likeness (QED) is 0.601. The molecule has 1 N–H and O–H groups in total. The van der Waals surface area contributed by atoms with Crippen molar-refractivity contribution in [3.8, 4) is 5.75 Å². The third-order valence-corrected chi connectivity index (χ3v) is 3.40. The van der Waals surface area contributed by atoms with Crippen molar-refractivity contribution in [3.05, 3.63) is 27.7 Å². The summed E-state index contributed by atoms with van der Waals surface area (Å²) >= 11 is 12.4. The van der Waals surface area contributed by atoms with Crippen LogP contribution in [0.25, 0.3) is 0 Å². The zero-order valence-corrected chi connectivity index (χ0v) is 14.5. The molecule has 2 nitrogen and oxygen atoms in total. The van der Waals surface area contributed by atoms with Crippen LogP contribution in [0.3, 0.4) is 0 Å². The highest BCUT2D eigenvalue weighted by molar-refractivity contribution is 6.37. The van der Waals surface area contributed by atoms with E-state index in [-0.39, 0.29) is 12.4 Å². The monoisotopic (exact) mass is 339 g/mol. The second kappa shape index (κ2) is 11.5. The van der Waals surface area contributed by atoms with Crippen LogP contribution in [0.2, 0.25) is 10.0 Å². The number of benzene rings is 1. The van der Waals surface area contributed by atoms with E-state index in [2.05, 4.69) is 19.2 Å². The molecule has 1 aromatic carbocycles. The molecule has 0 amide bonds. The first-order valence-electron chi connectivity index (χ1n) is 7.00. The van der Waals surface area contributed by atoms with E-state index in [1.54, 1.807) is 0 Å². The zero-order chi connectivity index (χ0) is 14.1. The fraction of sp³-hybridized carbons (Fsp3) is 0.600. The van der Waals surface area contributed by atoms with Crippen LogP contribution in [0.1, 0.15) is 45.1 Å². The highest BCUT2D eigenvalue weighted by Gasteiger charge is 2.09. The van der Waals surface area contributed by atoms with Crippen molar-refractivity contribution in [1.82, 2.24) is 5.32 Å². The number of rotatable bonds is 9. The third kappa shape index (κ3) is 7.03. The van der Waals surface area contributed by atoms with E-state index in [0.717, 1.165) is 31.5 Å². The van der Waals surface area contributed by atoms with Crippen LogP contribution in [0.4, 0.5) is 0 Å². The Balaban J connectivity index is 0.00000361. The van der Waals surface area contributed by atoms with E-state index in [0.29, 0.717) is 22.4 Å². The Morgan fingerprint density at radius 2 is 1.65 bits per heavy atom. The van der Waals surface area contributed by atoms with E-state index < -0.39 is 0 Å². The van der Waals surface area contributed by atoms with Crippen LogP contribution >= 0.6 is 35.6 Å². The summed E-state index contributed by atoms with van der Waals surface area (Å²) in [5, 5.41) is 4.56. The van der Waals surface area contributed by atoms with Gasteiger partial charge in [0.05, 0.1) is 16.7 Å². The molecule has 0 unspecified atom stereocenters. The third-order valence-electron chi connectivity index (χ3n) is 2.84. The van der Waals surface area contributed by atoms with Crippen LogP contribution < -0.4 is 10.1 Å². The predicted octanol–water partition coefficient (Wildman–Crippen LogP) is 5.48. The first kappa shape index (κ1) is 19.9. The van der Waals surface area contributed by atoms with Gasteiger partial charge < -0.3 is 10.1 Å². The van der Waals surface area contributed by atoms with Crippen molar-refractivity contribution in [2.24, 2.45) is 0 Å². The summed E-state index contributed by atoms with van der Waals surface area (Å²) in [7, 11) is 0. The second-order valence-corrected chi connectivity index (χ2v) is 5.44. The van der Waals surface area contributed by atoms with Gasteiger partial charge in [0.25, 0.3) is 0 Å². The lowest BCUT2D eigenvalue weighted by atomic mass is 10.2. The molecule has 116 valence electrons. The van der Waals surface area contributed by atoms with Crippen molar-refractivity contribution < 1.29 is 4.74 Å². The molecule has 0 aliphatic carbocycles. The zero-order valence-electron chi connectivity index (χ0n) is 12.2. The van der Waals surface area contributed by atoms with Gasteiger partial charge in [0.15, 0.2) is 5.75 Å². The predicted molar refractivity (Wildman–Crippen MR) is 90.7 cm³/mol. The SMILES string of the molecule is CCCCNCc1cc(Cl)c(OCCCC)c(Cl)c1.Cl. The summed E-state index contributed by atoms with van der Waals surface area (Å²) in [6.45, 7) is 6.76. The number of ether oxygens (including phenoxy) is 1. The number of unbranched alkanes of at least 4 members (excludes halogenated alkanes) is 2. The largest absolute Gasteiger partial charge is 0.490 e. The minimum Gasteiger partial charge on any atom is -0.490 e. The van der Waals surface area contributed by atoms with Crippen LogP contribution in [-0.4, -0.2) is 13.2 Å². The smallest absolute Gasteiger partial charge is 0.156 e. The van der Waals surface area contributed by atoms with Gasteiger partial charge in [-0.2, -0.15) is 0 Å². The van der Waals surface area contributed by atoms with Crippen molar-refractivity contribution in [1.29, 1.82) is 0 Å². The lowest BCUT2D eigenvalue weighted by Gasteiger charge is -2.12. The summed E-state index contributed by atoms with van der Waals surface area (Å²) < 4.78 is 5.62. The molecule has 0 aliphatic heterocycles. The van der Waals surface area contributed by atoms with Crippen LogP contribution in [-0.2, 0) is 6.54 Å². The summed E-state index contributed by atoms with van der Waals surface area (Å²) in [5.41, 5.74) is 1.09. The highest BCUT2D eigenvalue weighted by Crippen LogP contribution is 2.34. The van der Waals surface area contributed by atoms with E-state index in [4.69, 9.17) is 27.9 Å². The van der Waals surface area contributed by atoms with E-state index >= 15 is 0 Å². The topological polar surface area (TPSA) is 21.3 Å². The molecular formula is C15H24Cl3NO. The Bertz CT molecular complexity index is 362. The van der Waals surface area contributed by atoms with Gasteiger partial charge in [-0.25, -0.2) is 0 Å². The van der Waals surface area contributed by atoms with Gasteiger partial charge in [0, 0.05) is 6.54 Å². The van der Waals surface area contributed by atoms with Gasteiger partial charge >= 0.3 is 0 Å². The molecule has 0 saturated carbocycles. The molecule has 0 bridgehead atoms. The maximum Gasteiger partial charge on any atom is 0.156 e. The Kier molecular flexibility index (Phi) is 11.4. The Labute approximate surface area is 138 Å². The number of hydrogen-bond acceptors (Lipinski definition) is 2. The Hall–Kier alpha value is -0.150. The highest BCUT2D eigenvalue weighted by atomic mass is 35.5. The molecule has 20 heavy (non-hydrogen) atoms. The molecule has 0 fully saturated rings. The second-order valence-electron chi connectivity index (χ2n) is 4.62. The molecule has 5 heteroatoms. The molecule has 0 aromatic heterocycles. The van der Waals surface area contributed by atoms with E-state index in [9.17, 15) is 0 Å². The van der Waals surface area contributed by atoms with Crippen molar-refractivity contribution in [2.75, 3.05) is 13.2 Å². The molecule has 0 saturated heterocycles. The fourth-order valence-electron chi connectivity index (χ4n) is 1.71. The first-order chi connectivity index (χ1) is 9.19. The molecular weight excluding hydrogens is 317 g/mol. The molecule has 0 atom stereocenters. The number of hydrogen-bond donors (Lipinski definition) is 1. The Morgan fingerprint density at radius 1 is 1.05 bits per heavy atom. The van der Waals surface area contributed by atoms with Gasteiger partial charge in [-0.1, -0.05) is 49.9 Å². The van der Waals surface area contributed by atoms with E-state index in [1.807, 2.05) is 12.1 Å². The minimum atomic E-state index is 0. The number of nitrogens with one attached hydrogen (secondary N) is 1. The van der Waals surface area contributed by atoms with Crippen LogP contribution in [0.15, 0.2) is 12.1 Å². The summed E-state index contributed by atoms with van der Waals surface area (Å²) in [6, 6.07) is 3.85. The van der Waals surface area contributed by atoms with Crippen LogP contribution in [0.5, 0.6) is 5.75 Å². The fourth-order valence-corrected chi connectivity index (χ4v) is 2.35. The molecule has 0 spiro atoms. The maximum absolute atomic E-state index is 6.22. The van der Waals surface area contributed by atoms with Gasteiger partial charge in [0.2, 0.25) is 0 Å². The lowest BCUT2D eigenvalue weighted by Crippen LogP contribution is -2.14. The summed E-state index contributed by atoms with van der Waals surface area (Å²) in [5.74, 6) is 0.606. The van der Waals surface area contributed by atoms with Gasteiger partial charge in [-0.05, 0) is 37.1 Å². The van der Waals surface area contributed by atoms with E-state index in [1.165, 1.54) is 12.8 Å². The minimum absolute atomic E-state index is 0. The average Bonchev–Trinajstić information content (AvgIpc) is 2.38. The van der Waals surface area contributed by atoms with Crippen LogP contribution in [0, 0.1) is 0 Å². The Morgan fingerprint density at radius 3 is 2.20 bits per heavy atom.